The lowest BCUT2D eigenvalue weighted by atomic mass is 10.1. The van der Waals surface area contributed by atoms with Crippen LogP contribution in [0, 0.1) is 19.8 Å². The summed E-state index contributed by atoms with van der Waals surface area (Å²) in [7, 11) is 1.37. The smallest absolute Gasteiger partial charge is 0.325 e. The number of hydrogen-bond acceptors (Lipinski definition) is 4. The number of aryl methyl sites for hydroxylation is 2. The Hall–Kier alpha value is -1.95. The number of benzene rings is 1. The number of ether oxygens (including phenoxy) is 1. The van der Waals surface area contributed by atoms with Crippen molar-refractivity contribution in [2.45, 2.75) is 46.1 Å². The summed E-state index contributed by atoms with van der Waals surface area (Å²) in [6.07, 6.45) is 4.03. The molecule has 1 aliphatic rings. The number of esters is 1. The fraction of sp³-hybridized carbons (Fsp3) is 0.500. The number of hydrogen-bond donors (Lipinski definition) is 0. The molecule has 1 fully saturated rings. The van der Waals surface area contributed by atoms with Gasteiger partial charge in [0.25, 0.3) is 5.91 Å². The van der Waals surface area contributed by atoms with E-state index in [1.165, 1.54) is 24.0 Å². The van der Waals surface area contributed by atoms with Crippen molar-refractivity contribution in [3.8, 4) is 0 Å². The maximum Gasteiger partial charge on any atom is 0.325 e. The van der Waals surface area contributed by atoms with E-state index in [0.29, 0.717) is 4.80 Å². The second kappa shape index (κ2) is 6.89. The van der Waals surface area contributed by atoms with Crippen LogP contribution in [0.4, 0.5) is 0 Å². The van der Waals surface area contributed by atoms with E-state index in [2.05, 4.69) is 18.0 Å². The molecule has 6 heteroatoms. The molecular weight excluding hydrogens is 324 g/mol. The van der Waals surface area contributed by atoms with Gasteiger partial charge in [-0.3, -0.25) is 9.59 Å². The Morgan fingerprint density at radius 1 is 1.25 bits per heavy atom. The number of aromatic nitrogens is 1. The van der Waals surface area contributed by atoms with E-state index in [9.17, 15) is 9.59 Å². The molecule has 3 rings (SSSR count). The lowest BCUT2D eigenvalue weighted by molar-refractivity contribution is -0.141. The molecule has 2 aromatic rings. The molecule has 1 aliphatic carbocycles. The van der Waals surface area contributed by atoms with Gasteiger partial charge in [-0.25, -0.2) is 0 Å². The highest BCUT2D eigenvalue weighted by Gasteiger charge is 2.23. The minimum absolute atomic E-state index is 0.0326. The summed E-state index contributed by atoms with van der Waals surface area (Å²) in [5.41, 5.74) is 3.25. The molecule has 128 valence electrons. The molecule has 1 aromatic heterocycles. The van der Waals surface area contributed by atoms with Crippen LogP contribution in [0.3, 0.4) is 0 Å². The Labute approximate surface area is 145 Å². The first-order chi connectivity index (χ1) is 11.5. The highest BCUT2D eigenvalue weighted by molar-refractivity contribution is 7.16. The third-order valence-corrected chi connectivity index (χ3v) is 5.76. The standard InChI is InChI=1S/C18H22N2O3S/c1-11-8-14-15(9-12(11)2)24-18(20(14)10-16(21)23-3)19-17(22)13-6-4-5-7-13/h8-9,13H,4-7,10H2,1-3H3. The fourth-order valence-electron chi connectivity index (χ4n) is 3.11. The Kier molecular flexibility index (Phi) is 4.85. The third kappa shape index (κ3) is 3.29. The van der Waals surface area contributed by atoms with Crippen molar-refractivity contribution in [3.05, 3.63) is 28.1 Å². The van der Waals surface area contributed by atoms with E-state index in [4.69, 9.17) is 4.74 Å². The fourth-order valence-corrected chi connectivity index (χ4v) is 4.23. The van der Waals surface area contributed by atoms with E-state index in [0.717, 1.165) is 41.5 Å². The molecule has 1 heterocycles. The lowest BCUT2D eigenvalue weighted by Crippen LogP contribution is -2.23. The average molecular weight is 346 g/mol. The van der Waals surface area contributed by atoms with Gasteiger partial charge in [0, 0.05) is 5.92 Å². The van der Waals surface area contributed by atoms with Gasteiger partial charge in [0.2, 0.25) is 0 Å². The van der Waals surface area contributed by atoms with Crippen molar-refractivity contribution >= 4 is 33.4 Å². The molecule has 1 amide bonds. The maximum atomic E-state index is 12.4. The molecule has 0 radical (unpaired) electrons. The molecule has 0 unspecified atom stereocenters. The lowest BCUT2D eigenvalue weighted by Gasteiger charge is -2.06. The summed E-state index contributed by atoms with van der Waals surface area (Å²) in [5, 5.41) is 0. The highest BCUT2D eigenvalue weighted by atomic mass is 32.1. The minimum Gasteiger partial charge on any atom is -0.468 e. The minimum atomic E-state index is -0.345. The van der Waals surface area contributed by atoms with Gasteiger partial charge in [-0.05, 0) is 49.9 Å². The molecule has 0 spiro atoms. The number of methoxy groups -OCH3 is 1. The first-order valence-electron chi connectivity index (χ1n) is 8.25. The van der Waals surface area contributed by atoms with E-state index >= 15 is 0 Å². The van der Waals surface area contributed by atoms with Crippen LogP contribution in [0.5, 0.6) is 0 Å². The zero-order valence-electron chi connectivity index (χ0n) is 14.3. The molecule has 5 nitrogen and oxygen atoms in total. The van der Waals surface area contributed by atoms with Crippen molar-refractivity contribution in [2.24, 2.45) is 10.9 Å². The number of amides is 1. The first kappa shape index (κ1) is 16.9. The van der Waals surface area contributed by atoms with Gasteiger partial charge in [-0.1, -0.05) is 24.2 Å². The summed E-state index contributed by atoms with van der Waals surface area (Å²) in [5.74, 6) is -0.376. The summed E-state index contributed by atoms with van der Waals surface area (Å²) in [6.45, 7) is 4.16. The molecule has 0 bridgehead atoms. The van der Waals surface area contributed by atoms with Gasteiger partial charge in [-0.2, -0.15) is 4.99 Å². The van der Waals surface area contributed by atoms with Gasteiger partial charge in [0.1, 0.15) is 6.54 Å². The van der Waals surface area contributed by atoms with E-state index in [1.54, 1.807) is 4.57 Å². The van der Waals surface area contributed by atoms with Crippen molar-refractivity contribution in [3.63, 3.8) is 0 Å². The summed E-state index contributed by atoms with van der Waals surface area (Å²) >= 11 is 1.45. The van der Waals surface area contributed by atoms with Crippen LogP contribution in [-0.2, 0) is 20.9 Å². The number of thiazole rings is 1. The second-order valence-electron chi connectivity index (χ2n) is 6.38. The highest BCUT2D eigenvalue weighted by Crippen LogP contribution is 2.26. The maximum absolute atomic E-state index is 12.4. The number of carbonyl (C=O) groups is 2. The summed E-state index contributed by atoms with van der Waals surface area (Å²) in [6, 6.07) is 4.13. The molecule has 0 aliphatic heterocycles. The Morgan fingerprint density at radius 3 is 2.58 bits per heavy atom. The van der Waals surface area contributed by atoms with Crippen LogP contribution in [0.25, 0.3) is 10.2 Å². The summed E-state index contributed by atoms with van der Waals surface area (Å²) in [4.78, 5) is 29.2. The van der Waals surface area contributed by atoms with Crippen LogP contribution in [0.2, 0.25) is 0 Å². The number of carbonyl (C=O) groups excluding carboxylic acids is 2. The molecule has 0 N–H and O–H groups in total. The van der Waals surface area contributed by atoms with Crippen molar-refractivity contribution in [1.29, 1.82) is 0 Å². The summed E-state index contributed by atoms with van der Waals surface area (Å²) < 4.78 is 7.63. The number of fused-ring (bicyclic) bond motifs is 1. The zero-order valence-corrected chi connectivity index (χ0v) is 15.1. The average Bonchev–Trinajstić information content (AvgIpc) is 3.18. The Bertz CT molecular complexity index is 857. The molecule has 1 saturated carbocycles. The SMILES string of the molecule is COC(=O)Cn1c(=NC(=O)C2CCCC2)sc2cc(C)c(C)cc21. The van der Waals surface area contributed by atoms with Gasteiger partial charge >= 0.3 is 5.97 Å². The third-order valence-electron chi connectivity index (χ3n) is 4.72. The molecule has 1 aromatic carbocycles. The number of nitrogens with zero attached hydrogens (tertiary/aromatic N) is 2. The van der Waals surface area contributed by atoms with Gasteiger partial charge < -0.3 is 9.30 Å². The first-order valence-corrected chi connectivity index (χ1v) is 9.07. The monoisotopic (exact) mass is 346 g/mol. The Balaban J connectivity index is 2.12. The van der Waals surface area contributed by atoms with Gasteiger partial charge in [0.05, 0.1) is 17.3 Å². The van der Waals surface area contributed by atoms with E-state index in [1.807, 2.05) is 13.0 Å². The Morgan fingerprint density at radius 2 is 1.92 bits per heavy atom. The van der Waals surface area contributed by atoms with Crippen LogP contribution < -0.4 is 4.80 Å². The van der Waals surface area contributed by atoms with Crippen LogP contribution in [-0.4, -0.2) is 23.6 Å². The topological polar surface area (TPSA) is 60.7 Å². The molecular formula is C18H22N2O3S. The predicted octanol–water partition coefficient (Wildman–Crippen LogP) is 3.11. The normalized spacial score (nSPS) is 16.0. The van der Waals surface area contributed by atoms with E-state index < -0.39 is 0 Å². The van der Waals surface area contributed by atoms with E-state index in [-0.39, 0.29) is 24.3 Å². The van der Waals surface area contributed by atoms with Gasteiger partial charge in [-0.15, -0.1) is 0 Å². The molecule has 0 atom stereocenters. The largest absolute Gasteiger partial charge is 0.468 e. The zero-order chi connectivity index (χ0) is 17.3. The number of rotatable bonds is 3. The second-order valence-corrected chi connectivity index (χ2v) is 7.39. The van der Waals surface area contributed by atoms with Crippen LogP contribution >= 0.6 is 11.3 Å². The van der Waals surface area contributed by atoms with Crippen molar-refractivity contribution in [2.75, 3.05) is 7.11 Å². The van der Waals surface area contributed by atoms with Crippen molar-refractivity contribution < 1.29 is 14.3 Å². The quantitative estimate of drug-likeness (QED) is 0.802. The predicted molar refractivity (Wildman–Crippen MR) is 93.8 cm³/mol. The van der Waals surface area contributed by atoms with Gasteiger partial charge in [0.15, 0.2) is 4.80 Å². The molecule has 24 heavy (non-hydrogen) atoms. The van der Waals surface area contributed by atoms with Crippen molar-refractivity contribution in [1.82, 2.24) is 4.57 Å². The van der Waals surface area contributed by atoms with Crippen LogP contribution in [0.1, 0.15) is 36.8 Å². The van der Waals surface area contributed by atoms with Crippen LogP contribution in [0.15, 0.2) is 17.1 Å². The molecule has 0 saturated heterocycles.